The number of nitro groups is 1. The average Bonchev–Trinajstić information content (AvgIpc) is 2.87. The van der Waals surface area contributed by atoms with E-state index in [1.165, 1.54) is 11.0 Å². The van der Waals surface area contributed by atoms with Crippen LogP contribution in [0.5, 0.6) is 0 Å². The number of amides is 2. The molecule has 0 bridgehead atoms. The fourth-order valence-corrected chi connectivity index (χ4v) is 4.01. The van der Waals surface area contributed by atoms with Crippen molar-refractivity contribution in [2.24, 2.45) is 0 Å². The molecular formula is C28H30ClN3O4. The second-order valence-electron chi connectivity index (χ2n) is 8.73. The highest BCUT2D eigenvalue weighted by Crippen LogP contribution is 2.22. The van der Waals surface area contributed by atoms with Crippen LogP contribution < -0.4 is 5.32 Å². The first-order chi connectivity index (χ1) is 17.3. The molecule has 3 aromatic rings. The standard InChI is InChI=1S/C28H30ClN3O4/c1-3-20(2)30-28(34)26(17-21-9-5-4-6-10-21)31(19-22-13-15-24(29)16-14-22)27(33)18-23-11-7-8-12-25(23)32(35)36/h4-16,20,26H,3,17-19H2,1-2H3,(H,30,34). The molecule has 7 nitrogen and oxygen atoms in total. The molecule has 0 saturated carbocycles. The monoisotopic (exact) mass is 507 g/mol. The van der Waals surface area contributed by atoms with Crippen LogP contribution in [-0.2, 0) is 29.0 Å². The van der Waals surface area contributed by atoms with E-state index in [0.717, 1.165) is 17.5 Å². The maximum absolute atomic E-state index is 13.7. The first-order valence-corrected chi connectivity index (χ1v) is 12.3. The van der Waals surface area contributed by atoms with Gasteiger partial charge in [0, 0.05) is 35.7 Å². The summed E-state index contributed by atoms with van der Waals surface area (Å²) in [6.07, 6.45) is 0.844. The zero-order valence-corrected chi connectivity index (χ0v) is 21.1. The Hall–Kier alpha value is -3.71. The number of rotatable bonds is 11. The molecule has 0 aliphatic rings. The lowest BCUT2D eigenvalue weighted by molar-refractivity contribution is -0.385. The van der Waals surface area contributed by atoms with Crippen molar-refractivity contribution in [3.05, 3.63) is 111 Å². The number of nitro benzene ring substituents is 1. The lowest BCUT2D eigenvalue weighted by atomic mass is 10.0. The van der Waals surface area contributed by atoms with Crippen molar-refractivity contribution in [1.82, 2.24) is 10.2 Å². The smallest absolute Gasteiger partial charge is 0.273 e. The number of hydrogen-bond acceptors (Lipinski definition) is 4. The third-order valence-electron chi connectivity index (χ3n) is 6.07. The molecule has 1 N–H and O–H groups in total. The van der Waals surface area contributed by atoms with Crippen LogP contribution in [0.15, 0.2) is 78.9 Å². The van der Waals surface area contributed by atoms with Crippen molar-refractivity contribution in [1.29, 1.82) is 0 Å². The number of halogens is 1. The molecule has 0 saturated heterocycles. The second-order valence-corrected chi connectivity index (χ2v) is 9.17. The average molecular weight is 508 g/mol. The van der Waals surface area contributed by atoms with Crippen molar-refractivity contribution in [2.45, 2.75) is 51.7 Å². The summed E-state index contributed by atoms with van der Waals surface area (Å²) in [6.45, 7) is 4.04. The molecule has 0 heterocycles. The molecule has 2 atom stereocenters. The number of nitrogens with zero attached hydrogens (tertiary/aromatic N) is 2. The van der Waals surface area contributed by atoms with Crippen LogP contribution in [0.4, 0.5) is 5.69 Å². The van der Waals surface area contributed by atoms with Crippen molar-refractivity contribution >= 4 is 29.1 Å². The molecule has 0 aliphatic heterocycles. The van der Waals surface area contributed by atoms with E-state index in [-0.39, 0.29) is 36.5 Å². The molecule has 2 unspecified atom stereocenters. The van der Waals surface area contributed by atoms with Crippen LogP contribution in [0, 0.1) is 10.1 Å². The highest BCUT2D eigenvalue weighted by Gasteiger charge is 2.32. The topological polar surface area (TPSA) is 92.6 Å². The van der Waals surface area contributed by atoms with Crippen LogP contribution in [0.3, 0.4) is 0 Å². The van der Waals surface area contributed by atoms with Gasteiger partial charge in [0.25, 0.3) is 5.69 Å². The van der Waals surface area contributed by atoms with Gasteiger partial charge in [0.05, 0.1) is 11.3 Å². The number of carbonyl (C=O) groups is 2. The summed E-state index contributed by atoms with van der Waals surface area (Å²) in [7, 11) is 0. The summed E-state index contributed by atoms with van der Waals surface area (Å²) >= 11 is 6.05. The molecule has 3 rings (SSSR count). The van der Waals surface area contributed by atoms with E-state index in [2.05, 4.69) is 5.32 Å². The molecule has 188 valence electrons. The molecular weight excluding hydrogens is 478 g/mol. The number of carbonyl (C=O) groups excluding carboxylic acids is 2. The third-order valence-corrected chi connectivity index (χ3v) is 6.32. The molecule has 3 aromatic carbocycles. The predicted molar refractivity (Wildman–Crippen MR) is 141 cm³/mol. The highest BCUT2D eigenvalue weighted by atomic mass is 35.5. The Bertz CT molecular complexity index is 1180. The van der Waals surface area contributed by atoms with Gasteiger partial charge < -0.3 is 10.2 Å². The van der Waals surface area contributed by atoms with Crippen molar-refractivity contribution in [3.63, 3.8) is 0 Å². The number of nitrogens with one attached hydrogen (secondary N) is 1. The van der Waals surface area contributed by atoms with Gasteiger partial charge in [-0.15, -0.1) is 0 Å². The highest BCUT2D eigenvalue weighted by molar-refractivity contribution is 6.30. The summed E-state index contributed by atoms with van der Waals surface area (Å²) < 4.78 is 0. The molecule has 0 radical (unpaired) electrons. The normalized spacial score (nSPS) is 12.4. The minimum absolute atomic E-state index is 0.0709. The Balaban J connectivity index is 2.01. The van der Waals surface area contributed by atoms with Crippen LogP contribution in [-0.4, -0.2) is 33.7 Å². The third kappa shape index (κ3) is 7.39. The van der Waals surface area contributed by atoms with Crippen molar-refractivity contribution in [2.75, 3.05) is 0 Å². The Labute approximate surface area is 216 Å². The molecule has 0 fully saturated rings. The van der Waals surface area contributed by atoms with Gasteiger partial charge in [-0.3, -0.25) is 19.7 Å². The quantitative estimate of drug-likeness (QED) is 0.280. The lowest BCUT2D eigenvalue weighted by Gasteiger charge is -2.32. The van der Waals surface area contributed by atoms with E-state index in [1.54, 1.807) is 42.5 Å². The fraction of sp³-hybridized carbons (Fsp3) is 0.286. The Morgan fingerprint density at radius 2 is 1.61 bits per heavy atom. The predicted octanol–water partition coefficient (Wildman–Crippen LogP) is 5.35. The number of benzene rings is 3. The van der Waals surface area contributed by atoms with Gasteiger partial charge in [0.1, 0.15) is 6.04 Å². The Morgan fingerprint density at radius 3 is 2.25 bits per heavy atom. The summed E-state index contributed by atoms with van der Waals surface area (Å²) in [5.74, 6) is -0.641. The fourth-order valence-electron chi connectivity index (χ4n) is 3.88. The summed E-state index contributed by atoms with van der Waals surface area (Å²) in [4.78, 5) is 39.8. The van der Waals surface area contributed by atoms with E-state index in [1.807, 2.05) is 44.2 Å². The van der Waals surface area contributed by atoms with Crippen LogP contribution in [0.2, 0.25) is 5.02 Å². The lowest BCUT2D eigenvalue weighted by Crippen LogP contribution is -2.52. The second kappa shape index (κ2) is 12.8. The van der Waals surface area contributed by atoms with E-state index in [4.69, 9.17) is 11.6 Å². The van der Waals surface area contributed by atoms with Crippen molar-refractivity contribution in [3.8, 4) is 0 Å². The molecule has 0 aliphatic carbocycles. The van der Waals surface area contributed by atoms with E-state index < -0.39 is 11.0 Å². The summed E-state index contributed by atoms with van der Waals surface area (Å²) in [5, 5.41) is 15.1. The number of hydrogen-bond donors (Lipinski definition) is 1. The van der Waals surface area contributed by atoms with Gasteiger partial charge in [-0.25, -0.2) is 0 Å². The van der Waals surface area contributed by atoms with E-state index in [0.29, 0.717) is 17.0 Å². The zero-order chi connectivity index (χ0) is 26.1. The van der Waals surface area contributed by atoms with Gasteiger partial charge in [0.2, 0.25) is 11.8 Å². The van der Waals surface area contributed by atoms with Crippen LogP contribution >= 0.6 is 11.6 Å². The largest absolute Gasteiger partial charge is 0.352 e. The van der Waals surface area contributed by atoms with Crippen LogP contribution in [0.25, 0.3) is 0 Å². The van der Waals surface area contributed by atoms with Gasteiger partial charge in [-0.05, 0) is 36.6 Å². The first kappa shape index (κ1) is 26.9. The minimum atomic E-state index is -0.813. The van der Waals surface area contributed by atoms with Crippen LogP contribution in [0.1, 0.15) is 37.0 Å². The van der Waals surface area contributed by atoms with Crippen molar-refractivity contribution < 1.29 is 14.5 Å². The maximum Gasteiger partial charge on any atom is 0.273 e. The summed E-state index contributed by atoms with van der Waals surface area (Å²) in [5.41, 5.74) is 1.88. The first-order valence-electron chi connectivity index (χ1n) is 11.9. The van der Waals surface area contributed by atoms with Gasteiger partial charge >= 0.3 is 0 Å². The van der Waals surface area contributed by atoms with E-state index >= 15 is 0 Å². The number of para-hydroxylation sites is 1. The molecule has 8 heteroatoms. The van der Waals surface area contributed by atoms with E-state index in [9.17, 15) is 19.7 Å². The molecule has 0 spiro atoms. The minimum Gasteiger partial charge on any atom is -0.352 e. The molecule has 0 aromatic heterocycles. The maximum atomic E-state index is 13.7. The Kier molecular flexibility index (Phi) is 9.59. The van der Waals surface area contributed by atoms with Gasteiger partial charge in [0.15, 0.2) is 0 Å². The van der Waals surface area contributed by atoms with Gasteiger partial charge in [-0.1, -0.05) is 79.2 Å². The van der Waals surface area contributed by atoms with Gasteiger partial charge in [-0.2, -0.15) is 0 Å². The SMILES string of the molecule is CCC(C)NC(=O)C(Cc1ccccc1)N(Cc1ccc(Cl)cc1)C(=O)Cc1ccccc1[N+](=O)[O-]. The Morgan fingerprint density at radius 1 is 0.972 bits per heavy atom. The molecule has 2 amide bonds. The molecule has 36 heavy (non-hydrogen) atoms. The summed E-state index contributed by atoms with van der Waals surface area (Å²) in [6, 6.07) is 21.9. The zero-order valence-electron chi connectivity index (χ0n) is 20.4.